The second-order valence-electron chi connectivity index (χ2n) is 2.84. The molecule has 2 rings (SSSR count). The number of anilines is 1. The Kier molecular flexibility index (Phi) is 2.02. The molecule has 0 amide bonds. The van der Waals surface area contributed by atoms with Gasteiger partial charge in [0.25, 0.3) is 0 Å². The van der Waals surface area contributed by atoms with Gasteiger partial charge in [0.15, 0.2) is 0 Å². The summed E-state index contributed by atoms with van der Waals surface area (Å²) in [5.41, 5.74) is 2.78. The molecule has 0 bridgehead atoms. The monoisotopic (exact) mass is 259 g/mol. The summed E-state index contributed by atoms with van der Waals surface area (Å²) in [4.78, 5) is 0. The lowest BCUT2D eigenvalue weighted by molar-refractivity contribution is 0.878. The molecule has 58 valence electrons. The smallest absolute Gasteiger partial charge is 0.0373 e. The number of fused-ring (bicyclic) bond motifs is 1. The van der Waals surface area contributed by atoms with Gasteiger partial charge in [-0.25, -0.2) is 0 Å². The van der Waals surface area contributed by atoms with Crippen LogP contribution in [0.15, 0.2) is 24.3 Å². The average molecular weight is 259 g/mol. The van der Waals surface area contributed by atoms with E-state index in [9.17, 15) is 0 Å². The van der Waals surface area contributed by atoms with Crippen LogP contribution in [0.25, 0.3) is 0 Å². The molecule has 0 radical (unpaired) electrons. The number of rotatable bonds is 0. The van der Waals surface area contributed by atoms with E-state index in [-0.39, 0.29) is 0 Å². The Balaban J connectivity index is 2.34. The lowest BCUT2D eigenvalue weighted by atomic mass is 10.0. The van der Waals surface area contributed by atoms with Crippen molar-refractivity contribution in [2.24, 2.45) is 0 Å². The van der Waals surface area contributed by atoms with Gasteiger partial charge in [-0.1, -0.05) is 40.8 Å². The van der Waals surface area contributed by atoms with Gasteiger partial charge in [-0.3, -0.25) is 0 Å². The summed E-state index contributed by atoms with van der Waals surface area (Å²) in [6.45, 7) is 1.11. The highest BCUT2D eigenvalue weighted by Gasteiger charge is 2.13. The van der Waals surface area contributed by atoms with Crippen molar-refractivity contribution in [1.82, 2.24) is 0 Å². The predicted octanol–water partition coefficient (Wildman–Crippen LogP) is 2.46. The van der Waals surface area contributed by atoms with Crippen LogP contribution in [-0.2, 0) is 6.42 Å². The Labute approximate surface area is 80.3 Å². The fraction of sp³-hybridized carbons (Fsp3) is 0.333. The number of alkyl halides is 1. The van der Waals surface area contributed by atoms with E-state index < -0.39 is 0 Å². The van der Waals surface area contributed by atoms with E-state index in [1.165, 1.54) is 17.7 Å². The molecule has 2 heteroatoms. The van der Waals surface area contributed by atoms with E-state index in [0.29, 0.717) is 0 Å². The SMILES string of the molecule is I[C@H]1CNc2ccccc2C1. The Morgan fingerprint density at radius 3 is 3.09 bits per heavy atom. The highest BCUT2D eigenvalue weighted by Crippen LogP contribution is 2.24. The molecule has 0 saturated heterocycles. The van der Waals surface area contributed by atoms with Crippen molar-refractivity contribution in [2.75, 3.05) is 11.9 Å². The van der Waals surface area contributed by atoms with E-state index in [2.05, 4.69) is 52.2 Å². The summed E-state index contributed by atoms with van der Waals surface area (Å²) in [6.07, 6.45) is 1.21. The third-order valence-electron chi connectivity index (χ3n) is 1.97. The molecule has 0 fully saturated rings. The fourth-order valence-corrected chi connectivity index (χ4v) is 2.10. The maximum Gasteiger partial charge on any atom is 0.0373 e. The van der Waals surface area contributed by atoms with Crippen LogP contribution < -0.4 is 5.32 Å². The number of nitrogens with one attached hydrogen (secondary N) is 1. The van der Waals surface area contributed by atoms with Crippen LogP contribution >= 0.6 is 22.6 Å². The largest absolute Gasteiger partial charge is 0.384 e. The van der Waals surface area contributed by atoms with Crippen molar-refractivity contribution in [3.8, 4) is 0 Å². The van der Waals surface area contributed by atoms with Crippen molar-refractivity contribution < 1.29 is 0 Å². The first-order valence-electron chi connectivity index (χ1n) is 3.82. The van der Waals surface area contributed by atoms with Crippen molar-refractivity contribution in [3.63, 3.8) is 0 Å². The molecule has 1 N–H and O–H groups in total. The second kappa shape index (κ2) is 3.01. The maximum absolute atomic E-state index is 3.40. The molecule has 1 aliphatic rings. The van der Waals surface area contributed by atoms with Gasteiger partial charge in [0.1, 0.15) is 0 Å². The van der Waals surface area contributed by atoms with Gasteiger partial charge in [0.2, 0.25) is 0 Å². The minimum atomic E-state index is 0.752. The van der Waals surface area contributed by atoms with Crippen LogP contribution in [0.5, 0.6) is 0 Å². The highest BCUT2D eigenvalue weighted by atomic mass is 127. The molecule has 0 aliphatic carbocycles. The lowest BCUT2D eigenvalue weighted by Gasteiger charge is -2.21. The first-order chi connectivity index (χ1) is 5.36. The number of hydrogen-bond donors (Lipinski definition) is 1. The Morgan fingerprint density at radius 1 is 1.36 bits per heavy atom. The quantitative estimate of drug-likeness (QED) is 0.557. The lowest BCUT2D eigenvalue weighted by Crippen LogP contribution is -2.22. The van der Waals surface area contributed by atoms with Crippen LogP contribution in [0.2, 0.25) is 0 Å². The van der Waals surface area contributed by atoms with Crippen LogP contribution in [0.1, 0.15) is 5.56 Å². The van der Waals surface area contributed by atoms with Crippen LogP contribution in [0.4, 0.5) is 5.69 Å². The summed E-state index contributed by atoms with van der Waals surface area (Å²) < 4.78 is 0.752. The van der Waals surface area contributed by atoms with E-state index in [4.69, 9.17) is 0 Å². The molecule has 1 aromatic rings. The normalized spacial score (nSPS) is 22.1. The molecule has 1 aliphatic heterocycles. The van der Waals surface area contributed by atoms with E-state index in [1.54, 1.807) is 0 Å². The summed E-state index contributed by atoms with van der Waals surface area (Å²) in [7, 11) is 0. The van der Waals surface area contributed by atoms with E-state index >= 15 is 0 Å². The summed E-state index contributed by atoms with van der Waals surface area (Å²) >= 11 is 2.49. The molecule has 11 heavy (non-hydrogen) atoms. The first-order valence-corrected chi connectivity index (χ1v) is 5.06. The molecule has 1 atom stereocenters. The van der Waals surface area contributed by atoms with Crippen LogP contribution in [-0.4, -0.2) is 10.5 Å². The van der Waals surface area contributed by atoms with Crippen LogP contribution in [0.3, 0.4) is 0 Å². The standard InChI is InChI=1S/C9H10IN/c10-8-5-7-3-1-2-4-9(7)11-6-8/h1-4,8,11H,5-6H2/t8-/m1/s1. The first kappa shape index (κ1) is 7.40. The van der Waals surface area contributed by atoms with Crippen molar-refractivity contribution in [1.29, 1.82) is 0 Å². The number of para-hydroxylation sites is 1. The summed E-state index contributed by atoms with van der Waals surface area (Å²) in [5, 5.41) is 3.40. The zero-order valence-corrected chi connectivity index (χ0v) is 8.34. The Morgan fingerprint density at radius 2 is 2.18 bits per heavy atom. The summed E-state index contributed by atoms with van der Waals surface area (Å²) in [6, 6.07) is 8.54. The van der Waals surface area contributed by atoms with E-state index in [1.807, 2.05) is 0 Å². The van der Waals surface area contributed by atoms with Gasteiger partial charge in [0, 0.05) is 16.2 Å². The van der Waals surface area contributed by atoms with Gasteiger partial charge in [-0.05, 0) is 18.1 Å². The van der Waals surface area contributed by atoms with E-state index in [0.717, 1.165) is 10.5 Å². The zero-order chi connectivity index (χ0) is 7.68. The molecule has 1 aromatic carbocycles. The number of halogens is 1. The molecule has 1 heterocycles. The van der Waals surface area contributed by atoms with Gasteiger partial charge in [-0.2, -0.15) is 0 Å². The molecule has 0 saturated carbocycles. The molecule has 0 spiro atoms. The van der Waals surface area contributed by atoms with Crippen LogP contribution in [0, 0.1) is 0 Å². The average Bonchev–Trinajstić information content (AvgIpc) is 2.04. The highest BCUT2D eigenvalue weighted by molar-refractivity contribution is 14.1. The third-order valence-corrected chi connectivity index (χ3v) is 2.85. The molecule has 0 aromatic heterocycles. The van der Waals surface area contributed by atoms with Crippen molar-refractivity contribution >= 4 is 28.3 Å². The molecular weight excluding hydrogens is 249 g/mol. The molecule has 0 unspecified atom stereocenters. The minimum Gasteiger partial charge on any atom is -0.384 e. The topological polar surface area (TPSA) is 12.0 Å². The van der Waals surface area contributed by atoms with Crippen molar-refractivity contribution in [3.05, 3.63) is 29.8 Å². The van der Waals surface area contributed by atoms with Gasteiger partial charge in [0.05, 0.1) is 0 Å². The minimum absolute atomic E-state index is 0.752. The van der Waals surface area contributed by atoms with Gasteiger partial charge in [-0.15, -0.1) is 0 Å². The molecule has 1 nitrogen and oxygen atoms in total. The second-order valence-corrected chi connectivity index (χ2v) is 4.60. The molecular formula is C9H10IN. The summed E-state index contributed by atoms with van der Waals surface area (Å²) in [5.74, 6) is 0. The van der Waals surface area contributed by atoms with Gasteiger partial charge >= 0.3 is 0 Å². The third kappa shape index (κ3) is 1.50. The van der Waals surface area contributed by atoms with Crippen molar-refractivity contribution in [2.45, 2.75) is 10.3 Å². The van der Waals surface area contributed by atoms with Gasteiger partial charge < -0.3 is 5.32 Å². The zero-order valence-electron chi connectivity index (χ0n) is 6.18. The fourth-order valence-electron chi connectivity index (χ4n) is 1.40. The Bertz CT molecular complexity index is 259. The maximum atomic E-state index is 3.40. The Hall–Kier alpha value is -0.250. The number of hydrogen-bond acceptors (Lipinski definition) is 1. The number of benzene rings is 1. The predicted molar refractivity (Wildman–Crippen MR) is 56.4 cm³/mol.